The number of hydrogen-bond acceptors (Lipinski definition) is 4. The van der Waals surface area contributed by atoms with Crippen LogP contribution in [0.3, 0.4) is 0 Å². The molecule has 2 amide bonds. The maximum absolute atomic E-state index is 12.0. The fourth-order valence-corrected chi connectivity index (χ4v) is 2.58. The number of pyridine rings is 1. The summed E-state index contributed by atoms with van der Waals surface area (Å²) in [6, 6.07) is 15.8. The van der Waals surface area contributed by atoms with Gasteiger partial charge in [0.2, 0.25) is 0 Å². The number of amides is 2. The van der Waals surface area contributed by atoms with Gasteiger partial charge in [-0.3, -0.25) is 4.98 Å². The molecule has 7 heteroatoms. The molecule has 138 valence electrons. The van der Waals surface area contributed by atoms with Crippen LogP contribution in [0.15, 0.2) is 67.0 Å². The second-order valence-electron chi connectivity index (χ2n) is 5.59. The van der Waals surface area contributed by atoms with Crippen molar-refractivity contribution >= 4 is 23.3 Å². The Morgan fingerprint density at radius 3 is 2.41 bits per heavy atom. The first kappa shape index (κ1) is 18.5. The number of urea groups is 1. The lowest BCUT2D eigenvalue weighted by molar-refractivity contribution is 0.251. The van der Waals surface area contributed by atoms with Crippen molar-refractivity contribution < 1.29 is 14.3 Å². The number of anilines is 1. The first-order valence-corrected chi connectivity index (χ1v) is 8.57. The molecule has 3 rings (SSSR count). The molecular weight excluding hydrogens is 366 g/mol. The van der Waals surface area contributed by atoms with Crippen LogP contribution >= 0.6 is 11.6 Å². The fraction of sp³-hybridized carbons (Fsp3) is 0.100. The fourth-order valence-electron chi connectivity index (χ4n) is 2.32. The Balaban J connectivity index is 1.50. The standard InChI is InChI=1S/C20H18ClN3O3/c1-26-19-7-4-15(12-18(19)21)24-20(25)23-13-14-2-5-16(6-3-14)27-17-8-10-22-11-9-17/h2-12H,13H2,1H3,(H2,23,24,25). The number of carbonyl (C=O) groups excluding carboxylic acids is 1. The average molecular weight is 384 g/mol. The van der Waals surface area contributed by atoms with Crippen LogP contribution in [-0.4, -0.2) is 18.1 Å². The Labute approximate surface area is 162 Å². The second kappa shape index (κ2) is 8.91. The van der Waals surface area contributed by atoms with E-state index in [1.54, 1.807) is 42.7 Å². The molecule has 0 aliphatic rings. The van der Waals surface area contributed by atoms with Gasteiger partial charge in [-0.25, -0.2) is 4.79 Å². The maximum Gasteiger partial charge on any atom is 0.319 e. The number of ether oxygens (including phenoxy) is 2. The first-order chi connectivity index (χ1) is 13.1. The molecule has 0 spiro atoms. The number of aromatic nitrogens is 1. The molecule has 0 aliphatic heterocycles. The molecule has 0 aliphatic carbocycles. The summed E-state index contributed by atoms with van der Waals surface area (Å²) in [5.41, 5.74) is 1.53. The summed E-state index contributed by atoms with van der Waals surface area (Å²) in [5, 5.41) is 5.95. The van der Waals surface area contributed by atoms with Crippen LogP contribution in [-0.2, 0) is 6.54 Å². The molecule has 6 nitrogen and oxygen atoms in total. The number of carbonyl (C=O) groups is 1. The number of halogens is 1. The van der Waals surface area contributed by atoms with Gasteiger partial charge in [0.15, 0.2) is 0 Å². The Morgan fingerprint density at radius 1 is 1.04 bits per heavy atom. The smallest absolute Gasteiger partial charge is 0.319 e. The first-order valence-electron chi connectivity index (χ1n) is 8.19. The lowest BCUT2D eigenvalue weighted by Gasteiger charge is -2.10. The van der Waals surface area contributed by atoms with E-state index in [9.17, 15) is 4.79 Å². The molecule has 0 saturated carbocycles. The van der Waals surface area contributed by atoms with Crippen molar-refractivity contribution in [3.8, 4) is 17.2 Å². The molecule has 1 aromatic heterocycles. The maximum atomic E-state index is 12.0. The van der Waals surface area contributed by atoms with E-state index in [0.717, 1.165) is 5.56 Å². The Hall–Kier alpha value is -3.25. The van der Waals surface area contributed by atoms with Gasteiger partial charge >= 0.3 is 6.03 Å². The third-order valence-corrected chi connectivity index (χ3v) is 3.97. The quantitative estimate of drug-likeness (QED) is 0.637. The minimum atomic E-state index is -0.326. The second-order valence-corrected chi connectivity index (χ2v) is 5.99. The summed E-state index contributed by atoms with van der Waals surface area (Å²) < 4.78 is 10.8. The lowest BCUT2D eigenvalue weighted by atomic mass is 10.2. The molecule has 0 fully saturated rings. The van der Waals surface area contributed by atoms with Gasteiger partial charge < -0.3 is 20.1 Å². The van der Waals surface area contributed by atoms with E-state index in [1.807, 2.05) is 24.3 Å². The molecule has 0 saturated heterocycles. The highest BCUT2D eigenvalue weighted by molar-refractivity contribution is 6.32. The van der Waals surface area contributed by atoms with Gasteiger partial charge in [-0.15, -0.1) is 0 Å². The molecule has 2 N–H and O–H groups in total. The van der Waals surface area contributed by atoms with E-state index in [4.69, 9.17) is 21.1 Å². The van der Waals surface area contributed by atoms with Gasteiger partial charge in [0, 0.05) is 24.6 Å². The summed E-state index contributed by atoms with van der Waals surface area (Å²) in [7, 11) is 1.54. The predicted molar refractivity (Wildman–Crippen MR) is 105 cm³/mol. The zero-order valence-electron chi connectivity index (χ0n) is 14.6. The van der Waals surface area contributed by atoms with Crippen molar-refractivity contribution in [2.24, 2.45) is 0 Å². The van der Waals surface area contributed by atoms with Crippen molar-refractivity contribution in [1.82, 2.24) is 10.3 Å². The van der Waals surface area contributed by atoms with Crippen molar-refractivity contribution in [2.75, 3.05) is 12.4 Å². The van der Waals surface area contributed by atoms with E-state index in [0.29, 0.717) is 34.5 Å². The van der Waals surface area contributed by atoms with Crippen LogP contribution in [0, 0.1) is 0 Å². The molecule has 0 unspecified atom stereocenters. The van der Waals surface area contributed by atoms with Crippen molar-refractivity contribution in [1.29, 1.82) is 0 Å². The molecule has 27 heavy (non-hydrogen) atoms. The Bertz CT molecular complexity index is 902. The number of nitrogens with one attached hydrogen (secondary N) is 2. The summed E-state index contributed by atoms with van der Waals surface area (Å²) in [6.07, 6.45) is 3.34. The molecule has 0 bridgehead atoms. The highest BCUT2D eigenvalue weighted by Gasteiger charge is 2.06. The summed E-state index contributed by atoms with van der Waals surface area (Å²) in [5.74, 6) is 1.98. The molecule has 1 heterocycles. The minimum absolute atomic E-state index is 0.326. The number of rotatable bonds is 6. The monoisotopic (exact) mass is 383 g/mol. The third-order valence-electron chi connectivity index (χ3n) is 3.67. The number of methoxy groups -OCH3 is 1. The average Bonchev–Trinajstić information content (AvgIpc) is 2.68. The van der Waals surface area contributed by atoms with Crippen LogP contribution in [0.25, 0.3) is 0 Å². The predicted octanol–water partition coefficient (Wildman–Crippen LogP) is 4.86. The van der Waals surface area contributed by atoms with E-state index in [-0.39, 0.29) is 6.03 Å². The van der Waals surface area contributed by atoms with Crippen LogP contribution in [0.1, 0.15) is 5.56 Å². The van der Waals surface area contributed by atoms with Crippen LogP contribution in [0.4, 0.5) is 10.5 Å². The van der Waals surface area contributed by atoms with Gasteiger partial charge in [0.25, 0.3) is 0 Å². The number of benzene rings is 2. The van der Waals surface area contributed by atoms with Gasteiger partial charge in [-0.1, -0.05) is 23.7 Å². The van der Waals surface area contributed by atoms with Crippen molar-refractivity contribution in [3.63, 3.8) is 0 Å². The number of hydrogen-bond donors (Lipinski definition) is 2. The summed E-state index contributed by atoms with van der Waals surface area (Å²) >= 11 is 6.05. The highest BCUT2D eigenvalue weighted by atomic mass is 35.5. The lowest BCUT2D eigenvalue weighted by Crippen LogP contribution is -2.28. The molecular formula is C20H18ClN3O3. The highest BCUT2D eigenvalue weighted by Crippen LogP contribution is 2.27. The SMILES string of the molecule is COc1ccc(NC(=O)NCc2ccc(Oc3ccncc3)cc2)cc1Cl. The van der Waals surface area contributed by atoms with E-state index < -0.39 is 0 Å². The van der Waals surface area contributed by atoms with Gasteiger partial charge in [-0.2, -0.15) is 0 Å². The van der Waals surface area contributed by atoms with E-state index in [2.05, 4.69) is 15.6 Å². The zero-order valence-corrected chi connectivity index (χ0v) is 15.4. The third kappa shape index (κ3) is 5.36. The molecule has 2 aromatic carbocycles. The summed E-state index contributed by atoms with van der Waals surface area (Å²) in [4.78, 5) is 16.0. The minimum Gasteiger partial charge on any atom is -0.495 e. The van der Waals surface area contributed by atoms with Gasteiger partial charge in [0.1, 0.15) is 17.2 Å². The number of nitrogens with zero attached hydrogens (tertiary/aromatic N) is 1. The molecule has 3 aromatic rings. The topological polar surface area (TPSA) is 72.5 Å². The molecule has 0 radical (unpaired) electrons. The Kier molecular flexibility index (Phi) is 6.12. The zero-order chi connectivity index (χ0) is 19.1. The normalized spacial score (nSPS) is 10.1. The van der Waals surface area contributed by atoms with Crippen LogP contribution in [0.5, 0.6) is 17.2 Å². The van der Waals surface area contributed by atoms with Crippen molar-refractivity contribution in [3.05, 3.63) is 77.6 Å². The van der Waals surface area contributed by atoms with Crippen molar-refractivity contribution in [2.45, 2.75) is 6.54 Å². The van der Waals surface area contributed by atoms with E-state index >= 15 is 0 Å². The largest absolute Gasteiger partial charge is 0.495 e. The summed E-state index contributed by atoms with van der Waals surface area (Å²) in [6.45, 7) is 0.380. The van der Waals surface area contributed by atoms with E-state index in [1.165, 1.54) is 7.11 Å². The Morgan fingerprint density at radius 2 is 1.74 bits per heavy atom. The van der Waals surface area contributed by atoms with Crippen LogP contribution < -0.4 is 20.1 Å². The van der Waals surface area contributed by atoms with Gasteiger partial charge in [0.05, 0.1) is 12.1 Å². The van der Waals surface area contributed by atoms with Crippen LogP contribution in [0.2, 0.25) is 5.02 Å². The molecule has 0 atom stereocenters. The van der Waals surface area contributed by atoms with Gasteiger partial charge in [-0.05, 0) is 48.0 Å².